The molecule has 0 radical (unpaired) electrons. The first-order valence-electron chi connectivity index (χ1n) is 9.37. The number of hydrogen-bond acceptors (Lipinski definition) is 7. The smallest absolute Gasteiger partial charge is 0.341 e. The highest BCUT2D eigenvalue weighted by molar-refractivity contribution is 7.17. The summed E-state index contributed by atoms with van der Waals surface area (Å²) in [6.07, 6.45) is 0. The van der Waals surface area contributed by atoms with Crippen LogP contribution in [0.1, 0.15) is 32.5 Å². The van der Waals surface area contributed by atoms with Crippen LogP contribution in [-0.2, 0) is 4.74 Å². The zero-order valence-electron chi connectivity index (χ0n) is 17.1. The summed E-state index contributed by atoms with van der Waals surface area (Å²) in [6.45, 7) is 3.66. The lowest BCUT2D eigenvalue weighted by Gasteiger charge is -2.11. The molecule has 0 aliphatic heterocycles. The average molecular weight is 440 g/mol. The van der Waals surface area contributed by atoms with E-state index in [4.69, 9.17) is 9.47 Å². The van der Waals surface area contributed by atoms with Crippen LogP contribution in [0.5, 0.6) is 5.75 Å². The molecule has 0 aliphatic carbocycles. The number of carbonyl (C=O) groups excluding carboxylic acids is 2. The molecule has 8 nitrogen and oxygen atoms in total. The van der Waals surface area contributed by atoms with Crippen molar-refractivity contribution in [1.82, 2.24) is 0 Å². The Labute approximate surface area is 182 Å². The van der Waals surface area contributed by atoms with Crippen molar-refractivity contribution < 1.29 is 24.0 Å². The van der Waals surface area contributed by atoms with Gasteiger partial charge in [-0.2, -0.15) is 0 Å². The molecular formula is C22H20N2O6S. The fraction of sp³-hybridized carbons (Fsp3) is 0.182. The number of non-ortho nitro benzene ring substituents is 1. The lowest BCUT2D eigenvalue weighted by Crippen LogP contribution is -2.15. The lowest BCUT2D eigenvalue weighted by molar-refractivity contribution is -0.384. The second kappa shape index (κ2) is 9.40. The maximum absolute atomic E-state index is 12.9. The number of rotatable bonds is 7. The molecule has 31 heavy (non-hydrogen) atoms. The lowest BCUT2D eigenvalue weighted by atomic mass is 10.0. The molecule has 1 heterocycles. The van der Waals surface area contributed by atoms with E-state index in [2.05, 4.69) is 5.32 Å². The van der Waals surface area contributed by atoms with Crippen LogP contribution < -0.4 is 10.1 Å². The second-order valence-electron chi connectivity index (χ2n) is 6.42. The van der Waals surface area contributed by atoms with E-state index in [0.29, 0.717) is 27.4 Å². The number of hydrogen-bond donors (Lipinski definition) is 1. The number of thiophene rings is 1. The van der Waals surface area contributed by atoms with Crippen LogP contribution in [0.15, 0.2) is 48.5 Å². The molecule has 2 aromatic carbocycles. The number of nitro benzene ring substituents is 1. The highest BCUT2D eigenvalue weighted by atomic mass is 32.1. The van der Waals surface area contributed by atoms with Crippen molar-refractivity contribution in [1.29, 1.82) is 0 Å². The van der Waals surface area contributed by atoms with Gasteiger partial charge in [0.15, 0.2) is 0 Å². The summed E-state index contributed by atoms with van der Waals surface area (Å²) in [5, 5.41) is 14.1. The first-order valence-corrected chi connectivity index (χ1v) is 10.2. The Hall–Kier alpha value is -3.72. The van der Waals surface area contributed by atoms with Crippen LogP contribution in [0, 0.1) is 17.0 Å². The van der Waals surface area contributed by atoms with Gasteiger partial charge in [0, 0.05) is 22.6 Å². The number of nitrogens with zero attached hydrogens (tertiary/aromatic N) is 1. The van der Waals surface area contributed by atoms with Crippen LogP contribution in [0.2, 0.25) is 0 Å². The van der Waals surface area contributed by atoms with Gasteiger partial charge in [0.25, 0.3) is 11.6 Å². The number of esters is 1. The van der Waals surface area contributed by atoms with Crippen molar-refractivity contribution in [2.24, 2.45) is 0 Å². The highest BCUT2D eigenvalue weighted by Gasteiger charge is 2.26. The van der Waals surface area contributed by atoms with Crippen molar-refractivity contribution in [2.45, 2.75) is 13.8 Å². The van der Waals surface area contributed by atoms with E-state index in [1.807, 2.05) is 6.92 Å². The molecule has 3 rings (SSSR count). The van der Waals surface area contributed by atoms with Crippen LogP contribution in [0.4, 0.5) is 10.7 Å². The van der Waals surface area contributed by atoms with Gasteiger partial charge in [0.1, 0.15) is 16.3 Å². The molecule has 1 N–H and O–H groups in total. The molecular weight excluding hydrogens is 420 g/mol. The number of ether oxygens (including phenoxy) is 2. The van der Waals surface area contributed by atoms with Crippen LogP contribution in [-0.4, -0.2) is 30.5 Å². The van der Waals surface area contributed by atoms with Crippen LogP contribution in [0.3, 0.4) is 0 Å². The highest BCUT2D eigenvalue weighted by Crippen LogP contribution is 2.41. The summed E-state index contributed by atoms with van der Waals surface area (Å²) < 4.78 is 10.5. The fourth-order valence-corrected chi connectivity index (χ4v) is 4.19. The summed E-state index contributed by atoms with van der Waals surface area (Å²) in [5.41, 5.74) is 1.65. The minimum Gasteiger partial charge on any atom is -0.496 e. The summed E-state index contributed by atoms with van der Waals surface area (Å²) in [4.78, 5) is 36.9. The first kappa shape index (κ1) is 22.0. The van der Waals surface area contributed by atoms with Crippen LogP contribution >= 0.6 is 11.3 Å². The standard InChI is InChI=1S/C22H20N2O6S/c1-4-30-22(26)19-18(14-9-11-15(12-10-14)24(27)28)13(2)31-21(19)23-20(25)16-7-5-6-8-17(16)29-3/h5-12H,4H2,1-3H3,(H,23,25). The van der Waals surface area contributed by atoms with E-state index in [9.17, 15) is 19.7 Å². The molecule has 0 fully saturated rings. The Bertz CT molecular complexity index is 1140. The third kappa shape index (κ3) is 4.56. The van der Waals surface area contributed by atoms with E-state index in [1.165, 1.54) is 30.6 Å². The SMILES string of the molecule is CCOC(=O)c1c(NC(=O)c2ccccc2OC)sc(C)c1-c1ccc([N+](=O)[O-])cc1. The summed E-state index contributed by atoms with van der Waals surface area (Å²) in [6, 6.07) is 12.6. The number of carbonyl (C=O) groups is 2. The third-order valence-electron chi connectivity index (χ3n) is 4.51. The fourth-order valence-electron chi connectivity index (χ4n) is 3.13. The van der Waals surface area contributed by atoms with Gasteiger partial charge in [0.05, 0.1) is 24.2 Å². The van der Waals surface area contributed by atoms with Gasteiger partial charge in [0.2, 0.25) is 0 Å². The quantitative estimate of drug-likeness (QED) is 0.312. The topological polar surface area (TPSA) is 108 Å². The average Bonchev–Trinajstić information content (AvgIpc) is 3.09. The van der Waals surface area contributed by atoms with Crippen molar-refractivity contribution in [2.75, 3.05) is 19.0 Å². The second-order valence-corrected chi connectivity index (χ2v) is 7.64. The molecule has 0 unspecified atom stereocenters. The van der Waals surface area contributed by atoms with E-state index in [1.54, 1.807) is 43.3 Å². The summed E-state index contributed by atoms with van der Waals surface area (Å²) in [7, 11) is 1.47. The largest absolute Gasteiger partial charge is 0.496 e. The van der Waals surface area contributed by atoms with E-state index >= 15 is 0 Å². The maximum Gasteiger partial charge on any atom is 0.341 e. The first-order chi connectivity index (χ1) is 14.9. The Morgan fingerprint density at radius 2 is 1.81 bits per heavy atom. The molecule has 0 saturated carbocycles. The van der Waals surface area contributed by atoms with Crippen molar-refractivity contribution in [3.8, 4) is 16.9 Å². The summed E-state index contributed by atoms with van der Waals surface area (Å²) >= 11 is 1.23. The van der Waals surface area contributed by atoms with Crippen molar-refractivity contribution in [3.63, 3.8) is 0 Å². The number of methoxy groups -OCH3 is 1. The minimum atomic E-state index is -0.587. The number of anilines is 1. The molecule has 0 atom stereocenters. The van der Waals surface area contributed by atoms with E-state index in [0.717, 1.165) is 4.88 Å². The molecule has 3 aromatic rings. The minimum absolute atomic E-state index is 0.0565. The Kier molecular flexibility index (Phi) is 6.66. The van der Waals surface area contributed by atoms with Gasteiger partial charge in [-0.3, -0.25) is 14.9 Å². The van der Waals surface area contributed by atoms with Gasteiger partial charge < -0.3 is 14.8 Å². The van der Waals surface area contributed by atoms with Crippen molar-refractivity contribution in [3.05, 3.63) is 74.6 Å². The predicted octanol–water partition coefficient (Wildman–Crippen LogP) is 5.07. The number of benzene rings is 2. The monoisotopic (exact) mass is 440 g/mol. The van der Waals surface area contributed by atoms with Crippen LogP contribution in [0.25, 0.3) is 11.1 Å². The zero-order chi connectivity index (χ0) is 22.5. The molecule has 0 aliphatic rings. The molecule has 0 saturated heterocycles. The van der Waals surface area contributed by atoms with Gasteiger partial charge in [-0.05, 0) is 43.7 Å². The Morgan fingerprint density at radius 3 is 2.42 bits per heavy atom. The Balaban J connectivity index is 2.07. The Morgan fingerprint density at radius 1 is 1.13 bits per heavy atom. The molecule has 1 amide bonds. The van der Waals surface area contributed by atoms with Gasteiger partial charge in [-0.1, -0.05) is 12.1 Å². The van der Waals surface area contributed by atoms with Gasteiger partial charge in [-0.25, -0.2) is 4.79 Å². The number of para-hydroxylation sites is 1. The normalized spacial score (nSPS) is 10.4. The molecule has 0 bridgehead atoms. The number of nitrogens with one attached hydrogen (secondary N) is 1. The molecule has 9 heteroatoms. The van der Waals surface area contributed by atoms with Gasteiger partial charge in [-0.15, -0.1) is 11.3 Å². The molecule has 0 spiro atoms. The molecule has 1 aromatic heterocycles. The van der Waals surface area contributed by atoms with Gasteiger partial charge >= 0.3 is 5.97 Å². The number of nitro groups is 1. The van der Waals surface area contributed by atoms with E-state index < -0.39 is 16.8 Å². The predicted molar refractivity (Wildman–Crippen MR) is 118 cm³/mol. The third-order valence-corrected chi connectivity index (χ3v) is 5.53. The zero-order valence-corrected chi connectivity index (χ0v) is 17.9. The number of aryl methyl sites for hydroxylation is 1. The summed E-state index contributed by atoms with van der Waals surface area (Å²) in [5.74, 6) is -0.614. The maximum atomic E-state index is 12.9. The van der Waals surface area contributed by atoms with Crippen molar-refractivity contribution >= 4 is 33.9 Å². The number of amides is 1. The van der Waals surface area contributed by atoms with E-state index in [-0.39, 0.29) is 17.9 Å². The molecule has 160 valence electrons.